The molecule has 0 saturated carbocycles. The minimum Gasteiger partial charge on any atom is -0.481 e. The number of hydrogen-bond donors (Lipinski definition) is 3. The number of aromatic nitrogens is 1. The Morgan fingerprint density at radius 1 is 1.39 bits per heavy atom. The Bertz CT molecular complexity index is 556. The zero-order valence-corrected chi connectivity index (χ0v) is 9.93. The van der Waals surface area contributed by atoms with Gasteiger partial charge in [-0.3, -0.25) is 9.59 Å². The monoisotopic (exact) mass is 246 g/mol. The third kappa shape index (κ3) is 2.68. The fourth-order valence-corrected chi connectivity index (χ4v) is 1.81. The number of hydrogen-bond acceptors (Lipinski definition) is 2. The smallest absolute Gasteiger partial charge is 0.305 e. The van der Waals surface area contributed by atoms with Gasteiger partial charge >= 0.3 is 5.97 Å². The standard InChI is InChI=1S/C13H14N2O3/c1-8(6-12(16)17)14-13(18)11-7-9-4-2-3-5-10(9)15-11/h2-5,7-8,15H,6H2,1H3,(H,14,18)(H,16,17). The van der Waals surface area contributed by atoms with E-state index in [4.69, 9.17) is 5.11 Å². The molecule has 2 aromatic rings. The Balaban J connectivity index is 2.11. The summed E-state index contributed by atoms with van der Waals surface area (Å²) in [7, 11) is 0. The van der Waals surface area contributed by atoms with E-state index in [0.29, 0.717) is 5.69 Å². The van der Waals surface area contributed by atoms with Crippen LogP contribution in [0.3, 0.4) is 0 Å². The molecule has 0 spiro atoms. The third-order valence-corrected chi connectivity index (χ3v) is 2.63. The van der Waals surface area contributed by atoms with Crippen LogP contribution in [0.1, 0.15) is 23.8 Å². The fourth-order valence-electron chi connectivity index (χ4n) is 1.81. The Labute approximate surface area is 104 Å². The predicted octanol–water partition coefficient (Wildman–Crippen LogP) is 1.76. The van der Waals surface area contributed by atoms with Crippen molar-refractivity contribution in [1.82, 2.24) is 10.3 Å². The summed E-state index contributed by atoms with van der Waals surface area (Å²) in [4.78, 5) is 25.4. The normalized spacial score (nSPS) is 12.3. The Hall–Kier alpha value is -2.30. The van der Waals surface area contributed by atoms with E-state index in [0.717, 1.165) is 10.9 Å². The van der Waals surface area contributed by atoms with Gasteiger partial charge in [0.1, 0.15) is 5.69 Å². The lowest BCUT2D eigenvalue weighted by atomic mass is 10.2. The number of carbonyl (C=O) groups is 2. The Kier molecular flexibility index (Phi) is 3.32. The van der Waals surface area contributed by atoms with Crippen LogP contribution in [0.5, 0.6) is 0 Å². The quantitative estimate of drug-likeness (QED) is 0.768. The first-order valence-corrected chi connectivity index (χ1v) is 5.66. The third-order valence-electron chi connectivity index (χ3n) is 2.63. The zero-order chi connectivity index (χ0) is 13.1. The zero-order valence-electron chi connectivity index (χ0n) is 9.93. The molecule has 0 aliphatic rings. The van der Waals surface area contributed by atoms with Crippen LogP contribution >= 0.6 is 0 Å². The van der Waals surface area contributed by atoms with Crippen LogP contribution in [0.2, 0.25) is 0 Å². The Morgan fingerprint density at radius 2 is 2.11 bits per heavy atom. The first-order valence-electron chi connectivity index (χ1n) is 5.66. The van der Waals surface area contributed by atoms with Gasteiger partial charge < -0.3 is 15.4 Å². The molecule has 5 heteroatoms. The summed E-state index contributed by atoms with van der Waals surface area (Å²) in [5.74, 6) is -1.22. The van der Waals surface area contributed by atoms with E-state index < -0.39 is 12.0 Å². The minimum atomic E-state index is -0.931. The molecule has 0 aliphatic heterocycles. The van der Waals surface area contributed by atoms with Gasteiger partial charge in [0.05, 0.1) is 6.42 Å². The van der Waals surface area contributed by atoms with E-state index >= 15 is 0 Å². The summed E-state index contributed by atoms with van der Waals surface area (Å²) < 4.78 is 0. The first kappa shape index (κ1) is 12.2. The molecule has 0 fully saturated rings. The van der Waals surface area contributed by atoms with Crippen molar-refractivity contribution in [3.8, 4) is 0 Å². The van der Waals surface area contributed by atoms with E-state index in [1.54, 1.807) is 13.0 Å². The second kappa shape index (κ2) is 4.91. The van der Waals surface area contributed by atoms with E-state index in [2.05, 4.69) is 10.3 Å². The van der Waals surface area contributed by atoms with Crippen LogP contribution in [0.25, 0.3) is 10.9 Å². The largest absolute Gasteiger partial charge is 0.481 e. The average molecular weight is 246 g/mol. The highest BCUT2D eigenvalue weighted by atomic mass is 16.4. The number of carboxylic acid groups (broad SMARTS) is 1. The first-order chi connectivity index (χ1) is 8.56. The van der Waals surface area contributed by atoms with Crippen molar-refractivity contribution >= 4 is 22.8 Å². The fraction of sp³-hybridized carbons (Fsp3) is 0.231. The average Bonchev–Trinajstić information content (AvgIpc) is 2.71. The second-order valence-electron chi connectivity index (χ2n) is 4.24. The molecule has 5 nitrogen and oxygen atoms in total. The molecule has 18 heavy (non-hydrogen) atoms. The number of carbonyl (C=O) groups excluding carboxylic acids is 1. The van der Waals surface area contributed by atoms with Crippen LogP contribution in [0.15, 0.2) is 30.3 Å². The van der Waals surface area contributed by atoms with Crippen molar-refractivity contribution in [2.24, 2.45) is 0 Å². The number of aliphatic carboxylic acids is 1. The van der Waals surface area contributed by atoms with E-state index in [1.165, 1.54) is 0 Å². The summed E-state index contributed by atoms with van der Waals surface area (Å²) >= 11 is 0. The number of benzene rings is 1. The number of fused-ring (bicyclic) bond motifs is 1. The minimum absolute atomic E-state index is 0.0913. The predicted molar refractivity (Wildman–Crippen MR) is 67.5 cm³/mol. The number of nitrogens with one attached hydrogen (secondary N) is 2. The molecule has 1 atom stereocenters. The maximum absolute atomic E-state index is 11.9. The van der Waals surface area contributed by atoms with Gasteiger partial charge in [-0.15, -0.1) is 0 Å². The molecule has 3 N–H and O–H groups in total. The molecule has 1 heterocycles. The van der Waals surface area contributed by atoms with Gasteiger partial charge in [-0.05, 0) is 19.1 Å². The molecule has 1 aromatic carbocycles. The molecule has 1 amide bonds. The number of aromatic amines is 1. The summed E-state index contributed by atoms with van der Waals surface area (Å²) in [5, 5.41) is 12.2. The van der Waals surface area contributed by atoms with Crippen LogP contribution in [-0.2, 0) is 4.79 Å². The molecular weight excluding hydrogens is 232 g/mol. The van der Waals surface area contributed by atoms with Gasteiger partial charge in [-0.1, -0.05) is 18.2 Å². The number of carboxylic acids is 1. The van der Waals surface area contributed by atoms with E-state index in [9.17, 15) is 9.59 Å². The van der Waals surface area contributed by atoms with Crippen LogP contribution in [-0.4, -0.2) is 28.0 Å². The topological polar surface area (TPSA) is 82.2 Å². The highest BCUT2D eigenvalue weighted by Crippen LogP contribution is 2.14. The van der Waals surface area contributed by atoms with E-state index in [-0.39, 0.29) is 12.3 Å². The van der Waals surface area contributed by atoms with Crippen molar-refractivity contribution in [3.63, 3.8) is 0 Å². The number of para-hydroxylation sites is 1. The SMILES string of the molecule is CC(CC(=O)O)NC(=O)c1cc2ccccc2[nH]1. The van der Waals surface area contributed by atoms with Gasteiger partial charge in [0, 0.05) is 16.9 Å². The molecular formula is C13H14N2O3. The molecule has 0 saturated heterocycles. The Morgan fingerprint density at radius 3 is 2.78 bits per heavy atom. The van der Waals surface area contributed by atoms with Crippen molar-refractivity contribution < 1.29 is 14.7 Å². The molecule has 0 bridgehead atoms. The van der Waals surface area contributed by atoms with Gasteiger partial charge in [0.15, 0.2) is 0 Å². The van der Waals surface area contributed by atoms with Crippen molar-refractivity contribution in [2.75, 3.05) is 0 Å². The van der Waals surface area contributed by atoms with Crippen molar-refractivity contribution in [2.45, 2.75) is 19.4 Å². The van der Waals surface area contributed by atoms with E-state index in [1.807, 2.05) is 24.3 Å². The lowest BCUT2D eigenvalue weighted by molar-refractivity contribution is -0.137. The molecule has 1 aromatic heterocycles. The summed E-state index contributed by atoms with van der Waals surface area (Å²) in [6.07, 6.45) is -0.0913. The maximum Gasteiger partial charge on any atom is 0.305 e. The highest BCUT2D eigenvalue weighted by Gasteiger charge is 2.14. The van der Waals surface area contributed by atoms with Gasteiger partial charge in [-0.25, -0.2) is 0 Å². The molecule has 94 valence electrons. The maximum atomic E-state index is 11.9. The summed E-state index contributed by atoms with van der Waals surface area (Å²) in [5.41, 5.74) is 1.32. The summed E-state index contributed by atoms with van der Waals surface area (Å²) in [6, 6.07) is 8.91. The number of rotatable bonds is 4. The highest BCUT2D eigenvalue weighted by molar-refractivity contribution is 5.98. The van der Waals surface area contributed by atoms with Crippen molar-refractivity contribution in [3.05, 3.63) is 36.0 Å². The second-order valence-corrected chi connectivity index (χ2v) is 4.24. The summed E-state index contributed by atoms with van der Waals surface area (Å²) in [6.45, 7) is 1.66. The van der Waals surface area contributed by atoms with Gasteiger partial charge in [0.2, 0.25) is 0 Å². The van der Waals surface area contributed by atoms with Gasteiger partial charge in [-0.2, -0.15) is 0 Å². The van der Waals surface area contributed by atoms with Crippen molar-refractivity contribution in [1.29, 1.82) is 0 Å². The molecule has 1 unspecified atom stereocenters. The van der Waals surface area contributed by atoms with Crippen LogP contribution in [0, 0.1) is 0 Å². The van der Waals surface area contributed by atoms with Crippen LogP contribution in [0.4, 0.5) is 0 Å². The lowest BCUT2D eigenvalue weighted by Gasteiger charge is -2.10. The number of amides is 1. The number of H-pyrrole nitrogens is 1. The van der Waals surface area contributed by atoms with Crippen LogP contribution < -0.4 is 5.32 Å². The molecule has 2 rings (SSSR count). The van der Waals surface area contributed by atoms with Gasteiger partial charge in [0.25, 0.3) is 5.91 Å². The lowest BCUT2D eigenvalue weighted by Crippen LogP contribution is -2.34. The molecule has 0 radical (unpaired) electrons. The molecule has 0 aliphatic carbocycles.